The Morgan fingerprint density at radius 3 is 0.985 bits per heavy atom. The van der Waals surface area contributed by atoms with Gasteiger partial charge in [0.05, 0.1) is 0 Å². The second kappa shape index (κ2) is 53.4. The van der Waals surface area contributed by atoms with Crippen LogP contribution in [-0.2, 0) is 28.6 Å². The third-order valence-electron chi connectivity index (χ3n) is 10.7. The van der Waals surface area contributed by atoms with Gasteiger partial charge in [-0.1, -0.05) is 200 Å². The summed E-state index contributed by atoms with van der Waals surface area (Å²) < 4.78 is 16.7. The first-order valence-corrected chi connectivity index (χ1v) is 26.5. The number of rotatable bonds is 46. The van der Waals surface area contributed by atoms with E-state index in [9.17, 15) is 14.4 Å². The van der Waals surface area contributed by atoms with Crippen molar-refractivity contribution in [1.29, 1.82) is 0 Å². The average Bonchev–Trinajstić information content (AvgIpc) is 3.31. The van der Waals surface area contributed by atoms with Crippen molar-refractivity contribution in [2.75, 3.05) is 13.2 Å². The highest BCUT2D eigenvalue weighted by molar-refractivity contribution is 5.71. The molecule has 0 aliphatic heterocycles. The average molecular weight is 913 g/mol. The fourth-order valence-electron chi connectivity index (χ4n) is 6.76. The molecule has 0 saturated heterocycles. The topological polar surface area (TPSA) is 78.9 Å². The van der Waals surface area contributed by atoms with Gasteiger partial charge in [-0.3, -0.25) is 14.4 Å². The van der Waals surface area contributed by atoms with Gasteiger partial charge in [0.2, 0.25) is 0 Å². The second-order valence-corrected chi connectivity index (χ2v) is 17.0. The lowest BCUT2D eigenvalue weighted by Gasteiger charge is -2.18. The number of ether oxygens (including phenoxy) is 3. The van der Waals surface area contributed by atoms with E-state index in [2.05, 4.69) is 142 Å². The Morgan fingerprint density at radius 2 is 0.606 bits per heavy atom. The Balaban J connectivity index is 4.54. The molecule has 372 valence electrons. The lowest BCUT2D eigenvalue weighted by atomic mass is 10.1. The standard InChI is InChI=1S/C60H96O6/c1-4-7-10-13-16-19-22-25-27-29-31-32-35-38-41-44-47-50-53-59(62)65-56-57(55-64-58(61)52-49-46-43-40-37-34-24-21-18-15-12-9-6-3)66-60(63)54-51-48-45-42-39-36-33-30-28-26-23-20-17-14-11-8-5-2/h8-9,11-12,17-22,26-29,33-34,36-37,42,45,57H,4-7,10,13-16,23-25,30-32,35,38-41,43-44,46-56H2,1-3H3/b11-8-,12-9-,20-17-,21-18-,22-19-,28-26-,29-27-,36-33-,37-34-,45-42-. The van der Waals surface area contributed by atoms with Gasteiger partial charge in [-0.05, 0) is 122 Å². The minimum absolute atomic E-state index is 0.118. The SMILES string of the molecule is CC/C=C\C/C=C\C/C=C\C/C=C\C/C=C\CCCC(=O)OC(COC(=O)CCCCC/C=C\C/C=C\C/C=C\CC)COC(=O)CCCCCCCCC/C=C\C/C=C\CCCCCC. The molecule has 0 saturated carbocycles. The van der Waals surface area contributed by atoms with Crippen LogP contribution in [0.15, 0.2) is 122 Å². The molecule has 0 aromatic rings. The van der Waals surface area contributed by atoms with Crippen molar-refractivity contribution in [3.8, 4) is 0 Å². The molecule has 0 rings (SSSR count). The number of carbonyl (C=O) groups excluding carboxylic acids is 3. The predicted molar refractivity (Wildman–Crippen MR) is 283 cm³/mol. The van der Waals surface area contributed by atoms with E-state index in [1.165, 1.54) is 57.8 Å². The third-order valence-corrected chi connectivity index (χ3v) is 10.7. The molecule has 0 fully saturated rings. The van der Waals surface area contributed by atoms with Crippen molar-refractivity contribution >= 4 is 17.9 Å². The fraction of sp³-hybridized carbons (Fsp3) is 0.617. The van der Waals surface area contributed by atoms with Crippen LogP contribution in [0.25, 0.3) is 0 Å². The zero-order valence-electron chi connectivity index (χ0n) is 42.4. The van der Waals surface area contributed by atoms with E-state index in [4.69, 9.17) is 14.2 Å². The van der Waals surface area contributed by atoms with Crippen LogP contribution in [0.5, 0.6) is 0 Å². The molecule has 1 atom stereocenters. The van der Waals surface area contributed by atoms with Gasteiger partial charge in [-0.25, -0.2) is 0 Å². The van der Waals surface area contributed by atoms with Gasteiger partial charge in [-0.15, -0.1) is 0 Å². The molecular formula is C60H96O6. The van der Waals surface area contributed by atoms with Gasteiger partial charge in [0, 0.05) is 19.3 Å². The Kier molecular flexibility index (Phi) is 50.0. The molecule has 0 aliphatic rings. The Morgan fingerprint density at radius 1 is 0.318 bits per heavy atom. The van der Waals surface area contributed by atoms with Crippen molar-refractivity contribution in [3.05, 3.63) is 122 Å². The van der Waals surface area contributed by atoms with E-state index >= 15 is 0 Å². The summed E-state index contributed by atoms with van der Waals surface area (Å²) in [6, 6.07) is 0. The van der Waals surface area contributed by atoms with Crippen LogP contribution in [0.2, 0.25) is 0 Å². The number of hydrogen-bond donors (Lipinski definition) is 0. The van der Waals surface area contributed by atoms with Gasteiger partial charge in [0.1, 0.15) is 13.2 Å². The molecule has 0 bridgehead atoms. The molecule has 0 amide bonds. The van der Waals surface area contributed by atoms with Crippen molar-refractivity contribution in [3.63, 3.8) is 0 Å². The van der Waals surface area contributed by atoms with Gasteiger partial charge in [-0.2, -0.15) is 0 Å². The molecule has 66 heavy (non-hydrogen) atoms. The molecule has 6 nitrogen and oxygen atoms in total. The number of esters is 3. The van der Waals surface area contributed by atoms with Crippen molar-refractivity contribution in [1.82, 2.24) is 0 Å². The highest BCUT2D eigenvalue weighted by Gasteiger charge is 2.19. The molecule has 0 spiro atoms. The molecule has 0 aromatic heterocycles. The van der Waals surface area contributed by atoms with Crippen LogP contribution >= 0.6 is 0 Å². The van der Waals surface area contributed by atoms with Crippen LogP contribution in [0.3, 0.4) is 0 Å². The van der Waals surface area contributed by atoms with Crippen LogP contribution in [-0.4, -0.2) is 37.2 Å². The quantitative estimate of drug-likeness (QED) is 0.0262. The summed E-state index contributed by atoms with van der Waals surface area (Å²) in [7, 11) is 0. The largest absolute Gasteiger partial charge is 0.462 e. The monoisotopic (exact) mass is 913 g/mol. The van der Waals surface area contributed by atoms with E-state index in [-0.39, 0.29) is 37.5 Å². The van der Waals surface area contributed by atoms with Crippen molar-refractivity contribution in [2.24, 2.45) is 0 Å². The maximum Gasteiger partial charge on any atom is 0.306 e. The van der Waals surface area contributed by atoms with E-state index in [1.54, 1.807) is 0 Å². The van der Waals surface area contributed by atoms with Crippen LogP contribution in [0.1, 0.15) is 220 Å². The molecule has 6 heteroatoms. The smallest absolute Gasteiger partial charge is 0.306 e. The molecule has 0 N–H and O–H groups in total. The van der Waals surface area contributed by atoms with Crippen LogP contribution < -0.4 is 0 Å². The summed E-state index contributed by atoms with van der Waals surface area (Å²) >= 11 is 0. The lowest BCUT2D eigenvalue weighted by Crippen LogP contribution is -2.30. The van der Waals surface area contributed by atoms with Gasteiger partial charge in [0.15, 0.2) is 6.10 Å². The summed E-state index contributed by atoms with van der Waals surface area (Å²) in [4.78, 5) is 38.0. The first-order chi connectivity index (χ1) is 32.5. The van der Waals surface area contributed by atoms with E-state index < -0.39 is 6.10 Å². The highest BCUT2D eigenvalue weighted by atomic mass is 16.6. The molecule has 1 unspecified atom stereocenters. The zero-order valence-corrected chi connectivity index (χ0v) is 42.4. The fourth-order valence-corrected chi connectivity index (χ4v) is 6.76. The van der Waals surface area contributed by atoms with Gasteiger partial charge < -0.3 is 14.2 Å². The molecule has 0 radical (unpaired) electrons. The first kappa shape index (κ1) is 61.8. The van der Waals surface area contributed by atoms with E-state index in [0.717, 1.165) is 116 Å². The summed E-state index contributed by atoms with van der Waals surface area (Å²) in [6.07, 6.45) is 73.3. The molecular weight excluding hydrogens is 817 g/mol. The number of unbranched alkanes of at least 4 members (excludes halogenated alkanes) is 15. The van der Waals surface area contributed by atoms with Gasteiger partial charge in [0.25, 0.3) is 0 Å². The summed E-state index contributed by atoms with van der Waals surface area (Å²) in [5, 5.41) is 0. The second-order valence-electron chi connectivity index (χ2n) is 17.0. The normalized spacial score (nSPS) is 13.1. The summed E-state index contributed by atoms with van der Waals surface area (Å²) in [6.45, 7) is 6.30. The Hall–Kier alpha value is -4.19. The molecule has 0 aromatic carbocycles. The zero-order chi connectivity index (χ0) is 47.9. The van der Waals surface area contributed by atoms with Gasteiger partial charge >= 0.3 is 17.9 Å². The Labute approximate surface area is 405 Å². The predicted octanol–water partition coefficient (Wildman–Crippen LogP) is 17.7. The first-order valence-electron chi connectivity index (χ1n) is 26.5. The van der Waals surface area contributed by atoms with Crippen LogP contribution in [0.4, 0.5) is 0 Å². The molecule has 0 aliphatic carbocycles. The highest BCUT2D eigenvalue weighted by Crippen LogP contribution is 2.13. The maximum atomic E-state index is 12.8. The third kappa shape index (κ3) is 50.8. The van der Waals surface area contributed by atoms with Crippen molar-refractivity contribution < 1.29 is 28.6 Å². The summed E-state index contributed by atoms with van der Waals surface area (Å²) in [5.74, 6) is -1.02. The van der Waals surface area contributed by atoms with E-state index in [0.29, 0.717) is 19.3 Å². The van der Waals surface area contributed by atoms with E-state index in [1.807, 2.05) is 0 Å². The number of hydrogen-bond acceptors (Lipinski definition) is 6. The maximum absolute atomic E-state index is 12.8. The lowest BCUT2D eigenvalue weighted by molar-refractivity contribution is -0.167. The Bertz CT molecular complexity index is 1420. The minimum Gasteiger partial charge on any atom is -0.462 e. The number of allylic oxidation sites excluding steroid dienone is 20. The molecule has 0 heterocycles. The van der Waals surface area contributed by atoms with Crippen LogP contribution in [0, 0.1) is 0 Å². The summed E-state index contributed by atoms with van der Waals surface area (Å²) in [5.41, 5.74) is 0. The number of carbonyl (C=O) groups is 3. The minimum atomic E-state index is -0.826. The van der Waals surface area contributed by atoms with Crippen molar-refractivity contribution in [2.45, 2.75) is 226 Å².